The molecule has 0 unspecified atom stereocenters. The van der Waals surface area contributed by atoms with Crippen molar-refractivity contribution in [3.8, 4) is 11.6 Å². The smallest absolute Gasteiger partial charge is 0.255 e. The van der Waals surface area contributed by atoms with Gasteiger partial charge in [-0.25, -0.2) is 14.4 Å². The van der Waals surface area contributed by atoms with Crippen molar-refractivity contribution in [2.45, 2.75) is 6.54 Å². The van der Waals surface area contributed by atoms with E-state index in [1.807, 2.05) is 30.3 Å². The van der Waals surface area contributed by atoms with Gasteiger partial charge in [-0.05, 0) is 42.0 Å². The zero-order valence-electron chi connectivity index (χ0n) is 14.0. The van der Waals surface area contributed by atoms with Gasteiger partial charge in [0.25, 0.3) is 5.88 Å². The highest BCUT2D eigenvalue weighted by Crippen LogP contribution is 2.24. The summed E-state index contributed by atoms with van der Waals surface area (Å²) in [6, 6.07) is 13.9. The number of aromatic amines is 1. The van der Waals surface area contributed by atoms with Crippen LogP contribution < -0.4 is 15.8 Å². The third kappa shape index (κ3) is 3.93. The summed E-state index contributed by atoms with van der Waals surface area (Å²) in [7, 11) is 0. The van der Waals surface area contributed by atoms with E-state index in [2.05, 4.69) is 20.3 Å². The Bertz CT molecular complexity index is 1100. The summed E-state index contributed by atoms with van der Waals surface area (Å²) in [6.07, 6.45) is 1.33. The number of fused-ring (bicyclic) bond motifs is 1. The lowest BCUT2D eigenvalue weighted by molar-refractivity contribution is 0.422. The molecule has 0 amide bonds. The standard InChI is InChI=1S/C19H15ClFN5O/c20-12-7-15(21)18(23-10-12)27-14-4-1-11(2-5-14)9-24-19-25-16-6-3-13(22)8-17(16)26-19/h1-8,10H,9,22H2,(H2,24,25,26). The van der Waals surface area contributed by atoms with Gasteiger partial charge in [0.2, 0.25) is 5.95 Å². The number of nitrogens with one attached hydrogen (secondary N) is 2. The number of ether oxygens (including phenoxy) is 1. The number of hydrogen-bond acceptors (Lipinski definition) is 5. The number of halogens is 2. The highest BCUT2D eigenvalue weighted by Gasteiger charge is 2.08. The minimum atomic E-state index is -0.612. The lowest BCUT2D eigenvalue weighted by Crippen LogP contribution is -2.00. The third-order valence-electron chi connectivity index (χ3n) is 3.88. The van der Waals surface area contributed by atoms with Crippen LogP contribution >= 0.6 is 11.6 Å². The van der Waals surface area contributed by atoms with E-state index in [1.54, 1.807) is 12.1 Å². The first-order valence-corrected chi connectivity index (χ1v) is 8.51. The number of benzene rings is 2. The lowest BCUT2D eigenvalue weighted by Gasteiger charge is -2.07. The van der Waals surface area contributed by atoms with Crippen molar-refractivity contribution in [3.05, 3.63) is 71.1 Å². The van der Waals surface area contributed by atoms with Gasteiger partial charge in [0.15, 0.2) is 5.82 Å². The Balaban J connectivity index is 1.41. The van der Waals surface area contributed by atoms with E-state index >= 15 is 0 Å². The van der Waals surface area contributed by atoms with Gasteiger partial charge in [-0.15, -0.1) is 0 Å². The van der Waals surface area contributed by atoms with Crippen molar-refractivity contribution in [3.63, 3.8) is 0 Å². The van der Waals surface area contributed by atoms with Gasteiger partial charge in [0, 0.05) is 18.4 Å². The molecule has 27 heavy (non-hydrogen) atoms. The number of imidazole rings is 1. The second kappa shape index (κ2) is 7.13. The van der Waals surface area contributed by atoms with Crippen LogP contribution in [0.25, 0.3) is 11.0 Å². The van der Waals surface area contributed by atoms with Crippen LogP contribution in [0.2, 0.25) is 5.02 Å². The Morgan fingerprint density at radius 3 is 2.74 bits per heavy atom. The molecule has 2 aromatic carbocycles. The van der Waals surface area contributed by atoms with Crippen molar-refractivity contribution >= 4 is 34.3 Å². The number of anilines is 2. The first-order chi connectivity index (χ1) is 13.1. The average molecular weight is 384 g/mol. The fourth-order valence-electron chi connectivity index (χ4n) is 2.56. The van der Waals surface area contributed by atoms with Crippen molar-refractivity contribution in [1.29, 1.82) is 0 Å². The summed E-state index contributed by atoms with van der Waals surface area (Å²) in [5.74, 6) is 0.403. The Morgan fingerprint density at radius 1 is 1.15 bits per heavy atom. The number of nitrogens with zero attached hydrogens (tertiary/aromatic N) is 2. The molecule has 0 spiro atoms. The molecule has 4 N–H and O–H groups in total. The van der Waals surface area contributed by atoms with Gasteiger partial charge in [-0.3, -0.25) is 0 Å². The maximum Gasteiger partial charge on any atom is 0.255 e. The first-order valence-electron chi connectivity index (χ1n) is 8.14. The lowest BCUT2D eigenvalue weighted by atomic mass is 10.2. The number of H-pyrrole nitrogens is 1. The molecule has 136 valence electrons. The molecule has 0 aliphatic carbocycles. The summed E-state index contributed by atoms with van der Waals surface area (Å²) < 4.78 is 19.2. The predicted molar refractivity (Wildman–Crippen MR) is 104 cm³/mol. The number of rotatable bonds is 5. The SMILES string of the molecule is Nc1ccc2nc(NCc3ccc(Oc4ncc(Cl)cc4F)cc3)[nH]c2c1. The molecule has 4 rings (SSSR count). The molecule has 0 bridgehead atoms. The van der Waals surface area contributed by atoms with E-state index in [0.29, 0.717) is 23.9 Å². The Hall–Kier alpha value is -3.32. The molecule has 0 aliphatic heterocycles. The Morgan fingerprint density at radius 2 is 1.96 bits per heavy atom. The zero-order chi connectivity index (χ0) is 18.8. The second-order valence-electron chi connectivity index (χ2n) is 5.90. The quantitative estimate of drug-likeness (QED) is 0.433. The van der Waals surface area contributed by atoms with Crippen LogP contribution in [-0.4, -0.2) is 15.0 Å². The highest BCUT2D eigenvalue weighted by molar-refractivity contribution is 6.30. The summed E-state index contributed by atoms with van der Waals surface area (Å²) in [4.78, 5) is 11.5. The molecule has 0 saturated carbocycles. The van der Waals surface area contributed by atoms with Crippen molar-refractivity contribution in [1.82, 2.24) is 15.0 Å². The second-order valence-corrected chi connectivity index (χ2v) is 6.34. The molecule has 4 aromatic rings. The van der Waals surface area contributed by atoms with Gasteiger partial charge >= 0.3 is 0 Å². The van der Waals surface area contributed by atoms with Gasteiger partial charge in [-0.2, -0.15) is 0 Å². The fourth-order valence-corrected chi connectivity index (χ4v) is 2.71. The van der Waals surface area contributed by atoms with E-state index in [0.717, 1.165) is 22.7 Å². The number of aromatic nitrogens is 3. The van der Waals surface area contributed by atoms with Crippen molar-refractivity contribution < 1.29 is 9.13 Å². The summed E-state index contributed by atoms with van der Waals surface area (Å²) in [5, 5.41) is 3.44. The molecule has 6 nitrogen and oxygen atoms in total. The van der Waals surface area contributed by atoms with Crippen LogP contribution in [0.1, 0.15) is 5.56 Å². The van der Waals surface area contributed by atoms with Crippen LogP contribution in [0.5, 0.6) is 11.6 Å². The molecule has 0 saturated heterocycles. The van der Waals surface area contributed by atoms with Gasteiger partial charge in [0.05, 0.1) is 16.1 Å². The number of nitrogens with two attached hydrogens (primary N) is 1. The summed E-state index contributed by atoms with van der Waals surface area (Å²) >= 11 is 5.68. The summed E-state index contributed by atoms with van der Waals surface area (Å²) in [6.45, 7) is 0.559. The molecule has 2 heterocycles. The van der Waals surface area contributed by atoms with E-state index in [1.165, 1.54) is 6.20 Å². The van der Waals surface area contributed by atoms with Crippen LogP contribution in [0.4, 0.5) is 16.0 Å². The van der Waals surface area contributed by atoms with Gasteiger partial charge in [-0.1, -0.05) is 23.7 Å². The average Bonchev–Trinajstić information content (AvgIpc) is 3.05. The monoisotopic (exact) mass is 383 g/mol. The number of pyridine rings is 1. The topological polar surface area (TPSA) is 88.8 Å². The normalized spacial score (nSPS) is 10.9. The minimum Gasteiger partial charge on any atom is -0.436 e. The van der Waals surface area contributed by atoms with E-state index < -0.39 is 5.82 Å². The van der Waals surface area contributed by atoms with E-state index in [4.69, 9.17) is 22.1 Å². The molecule has 0 aliphatic rings. The van der Waals surface area contributed by atoms with E-state index in [-0.39, 0.29) is 10.9 Å². The first kappa shape index (κ1) is 17.1. The van der Waals surface area contributed by atoms with Crippen LogP contribution in [0.15, 0.2) is 54.7 Å². The van der Waals surface area contributed by atoms with Gasteiger partial charge in [0.1, 0.15) is 5.75 Å². The fraction of sp³-hybridized carbons (Fsp3) is 0.0526. The third-order valence-corrected chi connectivity index (χ3v) is 4.08. The maximum absolute atomic E-state index is 13.7. The van der Waals surface area contributed by atoms with E-state index in [9.17, 15) is 4.39 Å². The Kier molecular flexibility index (Phi) is 4.52. The highest BCUT2D eigenvalue weighted by atomic mass is 35.5. The number of nitrogen functional groups attached to an aromatic ring is 1. The van der Waals surface area contributed by atoms with Crippen LogP contribution in [0, 0.1) is 5.82 Å². The Labute approximate surface area is 159 Å². The molecular weight excluding hydrogens is 369 g/mol. The van der Waals surface area contributed by atoms with Crippen molar-refractivity contribution in [2.75, 3.05) is 11.1 Å². The molecule has 8 heteroatoms. The van der Waals surface area contributed by atoms with Crippen LogP contribution in [0.3, 0.4) is 0 Å². The van der Waals surface area contributed by atoms with Crippen LogP contribution in [-0.2, 0) is 6.54 Å². The largest absolute Gasteiger partial charge is 0.436 e. The minimum absolute atomic E-state index is 0.119. The predicted octanol–water partition coefficient (Wildman–Crippen LogP) is 4.74. The number of hydrogen-bond donors (Lipinski definition) is 3. The van der Waals surface area contributed by atoms with Gasteiger partial charge < -0.3 is 20.8 Å². The summed E-state index contributed by atoms with van der Waals surface area (Å²) in [5.41, 5.74) is 9.17. The maximum atomic E-state index is 13.7. The zero-order valence-corrected chi connectivity index (χ0v) is 14.8. The molecule has 2 aromatic heterocycles. The molecular formula is C19H15ClFN5O. The molecule has 0 radical (unpaired) electrons. The molecule has 0 atom stereocenters. The van der Waals surface area contributed by atoms with Crippen molar-refractivity contribution in [2.24, 2.45) is 0 Å². The molecule has 0 fully saturated rings.